The molecular weight excluding hydrogens is 292 g/mol. The first-order valence-corrected chi connectivity index (χ1v) is 7.60. The molecule has 5 heteroatoms. The predicted molar refractivity (Wildman–Crippen MR) is 90.3 cm³/mol. The molecule has 1 heterocycles. The van der Waals surface area contributed by atoms with Crippen LogP contribution in [0.15, 0.2) is 42.5 Å². The molecule has 0 saturated heterocycles. The van der Waals surface area contributed by atoms with Gasteiger partial charge in [0, 0.05) is 17.8 Å². The van der Waals surface area contributed by atoms with Crippen LogP contribution in [0.3, 0.4) is 0 Å². The van der Waals surface area contributed by atoms with E-state index in [1.165, 1.54) is 5.56 Å². The Morgan fingerprint density at radius 2 is 2.04 bits per heavy atom. The van der Waals surface area contributed by atoms with E-state index in [0.717, 1.165) is 23.5 Å². The Kier molecular flexibility index (Phi) is 4.37. The van der Waals surface area contributed by atoms with Gasteiger partial charge in [-0.15, -0.1) is 0 Å². The van der Waals surface area contributed by atoms with Crippen molar-refractivity contribution in [2.24, 2.45) is 0 Å². The molecule has 0 spiro atoms. The maximum absolute atomic E-state index is 11.3. The molecule has 1 atom stereocenters. The molecule has 0 saturated carbocycles. The van der Waals surface area contributed by atoms with Gasteiger partial charge in [-0.2, -0.15) is 0 Å². The minimum absolute atomic E-state index is 0.0673. The van der Waals surface area contributed by atoms with Crippen molar-refractivity contribution in [2.45, 2.75) is 19.4 Å². The number of carbonyl (C=O) groups is 1. The third-order valence-corrected chi connectivity index (χ3v) is 3.73. The zero-order valence-corrected chi connectivity index (χ0v) is 13.3. The average molecular weight is 312 g/mol. The Morgan fingerprint density at radius 3 is 2.78 bits per heavy atom. The van der Waals surface area contributed by atoms with Crippen molar-refractivity contribution < 1.29 is 14.3 Å². The van der Waals surface area contributed by atoms with Crippen molar-refractivity contribution >= 4 is 17.3 Å². The molecule has 0 fully saturated rings. The summed E-state index contributed by atoms with van der Waals surface area (Å²) in [6.07, 6.45) is 0.901. The van der Waals surface area contributed by atoms with Crippen LogP contribution < -0.4 is 20.1 Å². The summed E-state index contributed by atoms with van der Waals surface area (Å²) >= 11 is 0. The third kappa shape index (κ3) is 3.74. The molecule has 23 heavy (non-hydrogen) atoms. The van der Waals surface area contributed by atoms with Crippen LogP contribution in [-0.2, 0) is 11.2 Å². The first kappa shape index (κ1) is 15.2. The Morgan fingerprint density at radius 1 is 1.26 bits per heavy atom. The van der Waals surface area contributed by atoms with Crippen LogP contribution in [-0.4, -0.2) is 25.7 Å². The molecule has 3 rings (SSSR count). The van der Waals surface area contributed by atoms with E-state index < -0.39 is 0 Å². The first-order valence-electron chi connectivity index (χ1n) is 7.60. The van der Waals surface area contributed by atoms with Crippen LogP contribution >= 0.6 is 0 Å². The summed E-state index contributed by atoms with van der Waals surface area (Å²) in [7, 11) is 1.67. The van der Waals surface area contributed by atoms with Gasteiger partial charge in [0.2, 0.25) is 0 Å². The minimum atomic E-state index is -0.119. The summed E-state index contributed by atoms with van der Waals surface area (Å²) in [6.45, 7) is 2.20. The summed E-state index contributed by atoms with van der Waals surface area (Å²) in [5.74, 6) is 1.44. The summed E-state index contributed by atoms with van der Waals surface area (Å²) in [4.78, 5) is 11.3. The second-order valence-corrected chi connectivity index (χ2v) is 5.65. The van der Waals surface area contributed by atoms with Crippen LogP contribution in [0.4, 0.5) is 11.4 Å². The Balaban J connectivity index is 1.63. The number of ether oxygens (including phenoxy) is 2. The second kappa shape index (κ2) is 6.60. The van der Waals surface area contributed by atoms with Gasteiger partial charge in [-0.3, -0.25) is 4.79 Å². The SMILES string of the molecule is COc1ccc(C[C@H](C)Nc2ccc3c(c2)OCC(=O)N3)cc1. The number of hydrogen-bond acceptors (Lipinski definition) is 4. The van der Waals surface area contributed by atoms with E-state index in [4.69, 9.17) is 9.47 Å². The lowest BCUT2D eigenvalue weighted by Gasteiger charge is -2.20. The molecular formula is C18H20N2O3. The van der Waals surface area contributed by atoms with E-state index in [1.807, 2.05) is 30.3 Å². The lowest BCUT2D eigenvalue weighted by Crippen LogP contribution is -2.25. The maximum atomic E-state index is 11.3. The number of fused-ring (bicyclic) bond motifs is 1. The number of nitrogens with one attached hydrogen (secondary N) is 2. The number of amides is 1. The normalized spacial score (nSPS) is 14.3. The van der Waals surface area contributed by atoms with Crippen molar-refractivity contribution in [3.05, 3.63) is 48.0 Å². The lowest BCUT2D eigenvalue weighted by atomic mass is 10.1. The fraction of sp³-hybridized carbons (Fsp3) is 0.278. The molecule has 0 bridgehead atoms. The van der Waals surface area contributed by atoms with E-state index >= 15 is 0 Å². The molecule has 5 nitrogen and oxygen atoms in total. The van der Waals surface area contributed by atoms with Gasteiger partial charge in [-0.05, 0) is 43.2 Å². The summed E-state index contributed by atoms with van der Waals surface area (Å²) in [5.41, 5.74) is 2.93. The molecule has 1 aliphatic heterocycles. The van der Waals surface area contributed by atoms with Crippen LogP contribution in [0.5, 0.6) is 11.5 Å². The summed E-state index contributed by atoms with van der Waals surface area (Å²) in [6, 6.07) is 14.1. The van der Waals surface area contributed by atoms with Gasteiger partial charge >= 0.3 is 0 Å². The van der Waals surface area contributed by atoms with Crippen molar-refractivity contribution in [2.75, 3.05) is 24.4 Å². The monoisotopic (exact) mass is 312 g/mol. The number of anilines is 2. The molecule has 120 valence electrons. The highest BCUT2D eigenvalue weighted by atomic mass is 16.5. The standard InChI is InChI=1S/C18H20N2O3/c1-12(9-13-3-6-15(22-2)7-4-13)19-14-5-8-16-17(10-14)23-11-18(21)20-16/h3-8,10,12,19H,9,11H2,1-2H3,(H,20,21)/t12-/m0/s1. The van der Waals surface area contributed by atoms with E-state index in [2.05, 4.69) is 29.7 Å². The molecule has 2 N–H and O–H groups in total. The Hall–Kier alpha value is -2.69. The molecule has 1 amide bonds. The minimum Gasteiger partial charge on any atom is -0.497 e. The number of methoxy groups -OCH3 is 1. The highest BCUT2D eigenvalue weighted by Crippen LogP contribution is 2.30. The van der Waals surface area contributed by atoms with Gasteiger partial charge in [0.25, 0.3) is 5.91 Å². The summed E-state index contributed by atoms with van der Waals surface area (Å²) < 4.78 is 10.6. The number of rotatable bonds is 5. The zero-order chi connectivity index (χ0) is 16.2. The highest BCUT2D eigenvalue weighted by Gasteiger charge is 2.16. The lowest BCUT2D eigenvalue weighted by molar-refractivity contribution is -0.118. The molecule has 2 aromatic carbocycles. The largest absolute Gasteiger partial charge is 0.497 e. The average Bonchev–Trinajstić information content (AvgIpc) is 2.55. The van der Waals surface area contributed by atoms with Crippen molar-refractivity contribution in [3.63, 3.8) is 0 Å². The Bertz CT molecular complexity index is 698. The molecule has 0 radical (unpaired) electrons. The fourth-order valence-corrected chi connectivity index (χ4v) is 2.62. The van der Waals surface area contributed by atoms with E-state index in [9.17, 15) is 4.79 Å². The van der Waals surface area contributed by atoms with Crippen molar-refractivity contribution in [3.8, 4) is 11.5 Å². The molecule has 2 aromatic rings. The van der Waals surface area contributed by atoms with Crippen LogP contribution in [0, 0.1) is 0 Å². The molecule has 0 unspecified atom stereocenters. The summed E-state index contributed by atoms with van der Waals surface area (Å²) in [5, 5.41) is 6.24. The van der Waals surface area contributed by atoms with Crippen molar-refractivity contribution in [1.82, 2.24) is 0 Å². The van der Waals surface area contributed by atoms with Crippen LogP contribution in [0.1, 0.15) is 12.5 Å². The number of benzene rings is 2. The molecule has 1 aliphatic rings. The van der Waals surface area contributed by atoms with Gasteiger partial charge < -0.3 is 20.1 Å². The molecule has 0 aliphatic carbocycles. The maximum Gasteiger partial charge on any atom is 0.262 e. The third-order valence-electron chi connectivity index (χ3n) is 3.73. The smallest absolute Gasteiger partial charge is 0.262 e. The highest BCUT2D eigenvalue weighted by molar-refractivity contribution is 5.95. The van der Waals surface area contributed by atoms with Gasteiger partial charge in [0.1, 0.15) is 11.5 Å². The van der Waals surface area contributed by atoms with Crippen molar-refractivity contribution in [1.29, 1.82) is 0 Å². The zero-order valence-electron chi connectivity index (χ0n) is 13.3. The topological polar surface area (TPSA) is 59.6 Å². The van der Waals surface area contributed by atoms with E-state index in [0.29, 0.717) is 5.75 Å². The Labute approximate surface area is 135 Å². The van der Waals surface area contributed by atoms with Gasteiger partial charge in [0.15, 0.2) is 6.61 Å². The number of carbonyl (C=O) groups excluding carboxylic acids is 1. The predicted octanol–water partition coefficient (Wildman–Crippen LogP) is 3.07. The van der Waals surface area contributed by atoms with E-state index in [1.54, 1.807) is 7.11 Å². The van der Waals surface area contributed by atoms with Crippen LogP contribution in [0.2, 0.25) is 0 Å². The second-order valence-electron chi connectivity index (χ2n) is 5.65. The van der Waals surface area contributed by atoms with Crippen LogP contribution in [0.25, 0.3) is 0 Å². The first-order chi connectivity index (χ1) is 11.1. The fourth-order valence-electron chi connectivity index (χ4n) is 2.62. The van der Waals surface area contributed by atoms with Gasteiger partial charge in [-0.25, -0.2) is 0 Å². The number of hydrogen-bond donors (Lipinski definition) is 2. The van der Waals surface area contributed by atoms with Gasteiger partial charge in [-0.1, -0.05) is 12.1 Å². The van der Waals surface area contributed by atoms with Gasteiger partial charge in [0.05, 0.1) is 12.8 Å². The quantitative estimate of drug-likeness (QED) is 0.891. The van der Waals surface area contributed by atoms with E-state index in [-0.39, 0.29) is 18.6 Å². The molecule has 0 aromatic heterocycles.